The van der Waals surface area contributed by atoms with Crippen LogP contribution in [0.15, 0.2) is 22.7 Å². The normalized spacial score (nSPS) is 10.5. The van der Waals surface area contributed by atoms with E-state index >= 15 is 0 Å². The van der Waals surface area contributed by atoms with Crippen molar-refractivity contribution in [3.05, 3.63) is 41.3 Å². The topological polar surface area (TPSA) is 85.5 Å². The van der Waals surface area contributed by atoms with Crippen molar-refractivity contribution < 1.29 is 23.6 Å². The number of rotatable bonds is 6. The standard InChI is InChI=1S/C13H13FN2O4/c1-2-3-11-15-12(20-16-11)7-19-10-5-4-8(14)6-9(10)13(17)18/h4-6H,2-3,7H2,1H3,(H,17,18). The number of halogens is 1. The van der Waals surface area contributed by atoms with Gasteiger partial charge in [-0.15, -0.1) is 0 Å². The van der Waals surface area contributed by atoms with Gasteiger partial charge in [0.2, 0.25) is 0 Å². The van der Waals surface area contributed by atoms with E-state index in [1.165, 1.54) is 6.07 Å². The Labute approximate surface area is 114 Å². The molecule has 1 aromatic carbocycles. The third kappa shape index (κ3) is 3.31. The minimum atomic E-state index is -1.27. The predicted octanol–water partition coefficient (Wildman–Crippen LogP) is 2.44. The molecule has 2 rings (SSSR count). The van der Waals surface area contributed by atoms with E-state index < -0.39 is 11.8 Å². The van der Waals surface area contributed by atoms with E-state index in [2.05, 4.69) is 10.1 Å². The van der Waals surface area contributed by atoms with Gasteiger partial charge in [-0.3, -0.25) is 0 Å². The number of carboxylic acid groups (broad SMARTS) is 1. The molecule has 20 heavy (non-hydrogen) atoms. The summed E-state index contributed by atoms with van der Waals surface area (Å²) in [5.41, 5.74) is -0.252. The largest absolute Gasteiger partial charge is 0.483 e. The highest BCUT2D eigenvalue weighted by Crippen LogP contribution is 2.20. The molecular formula is C13H13FN2O4. The molecule has 0 aliphatic heterocycles. The van der Waals surface area contributed by atoms with Crippen LogP contribution >= 0.6 is 0 Å². The Balaban J connectivity index is 2.08. The van der Waals surface area contributed by atoms with Gasteiger partial charge >= 0.3 is 5.97 Å². The average Bonchev–Trinajstić information content (AvgIpc) is 2.85. The van der Waals surface area contributed by atoms with Crippen LogP contribution in [0.4, 0.5) is 4.39 Å². The van der Waals surface area contributed by atoms with Crippen LogP contribution in [0.25, 0.3) is 0 Å². The first kappa shape index (κ1) is 14.0. The summed E-state index contributed by atoms with van der Waals surface area (Å²) in [5.74, 6) is -1.04. The zero-order valence-electron chi connectivity index (χ0n) is 10.8. The van der Waals surface area contributed by atoms with E-state index in [1.807, 2.05) is 6.92 Å². The maximum absolute atomic E-state index is 13.0. The van der Waals surface area contributed by atoms with Gasteiger partial charge in [-0.1, -0.05) is 12.1 Å². The van der Waals surface area contributed by atoms with Crippen molar-refractivity contribution in [3.63, 3.8) is 0 Å². The average molecular weight is 280 g/mol. The van der Waals surface area contributed by atoms with Crippen molar-refractivity contribution >= 4 is 5.97 Å². The molecule has 1 heterocycles. The van der Waals surface area contributed by atoms with Gasteiger partial charge in [-0.25, -0.2) is 9.18 Å². The van der Waals surface area contributed by atoms with E-state index in [1.54, 1.807) is 0 Å². The fourth-order valence-corrected chi connectivity index (χ4v) is 1.61. The maximum Gasteiger partial charge on any atom is 0.339 e. The van der Waals surface area contributed by atoms with Crippen LogP contribution in [0, 0.1) is 5.82 Å². The maximum atomic E-state index is 13.0. The van der Waals surface area contributed by atoms with Crippen LogP contribution in [0.5, 0.6) is 5.75 Å². The highest BCUT2D eigenvalue weighted by Gasteiger charge is 2.14. The van der Waals surface area contributed by atoms with Crippen molar-refractivity contribution in [2.24, 2.45) is 0 Å². The van der Waals surface area contributed by atoms with E-state index in [9.17, 15) is 9.18 Å². The number of ether oxygens (including phenoxy) is 1. The third-order valence-electron chi connectivity index (χ3n) is 2.51. The summed E-state index contributed by atoms with van der Waals surface area (Å²) < 4.78 is 23.2. The van der Waals surface area contributed by atoms with E-state index in [-0.39, 0.29) is 23.8 Å². The Morgan fingerprint density at radius 1 is 1.50 bits per heavy atom. The molecule has 1 aromatic heterocycles. The summed E-state index contributed by atoms with van der Waals surface area (Å²) in [6, 6.07) is 3.27. The van der Waals surface area contributed by atoms with Crippen molar-refractivity contribution in [1.29, 1.82) is 0 Å². The van der Waals surface area contributed by atoms with Crippen molar-refractivity contribution in [2.45, 2.75) is 26.4 Å². The first-order valence-electron chi connectivity index (χ1n) is 6.07. The summed E-state index contributed by atoms with van der Waals surface area (Å²) in [7, 11) is 0. The molecule has 0 atom stereocenters. The molecule has 6 nitrogen and oxygen atoms in total. The molecule has 1 N–H and O–H groups in total. The monoisotopic (exact) mass is 280 g/mol. The van der Waals surface area contributed by atoms with Crippen LogP contribution in [0.2, 0.25) is 0 Å². The Morgan fingerprint density at radius 3 is 3.00 bits per heavy atom. The van der Waals surface area contributed by atoms with Gasteiger partial charge in [-0.05, 0) is 24.6 Å². The number of aryl methyl sites for hydroxylation is 1. The van der Waals surface area contributed by atoms with Crippen LogP contribution in [-0.2, 0) is 13.0 Å². The minimum absolute atomic E-state index is 0.0501. The number of aromatic nitrogens is 2. The quantitative estimate of drug-likeness (QED) is 0.874. The molecule has 0 bridgehead atoms. The molecule has 0 unspecified atom stereocenters. The molecule has 0 saturated carbocycles. The number of carbonyl (C=O) groups is 1. The molecule has 0 aliphatic rings. The van der Waals surface area contributed by atoms with Gasteiger partial charge in [0.15, 0.2) is 12.4 Å². The van der Waals surface area contributed by atoms with Crippen LogP contribution < -0.4 is 4.74 Å². The molecule has 0 amide bonds. The summed E-state index contributed by atoms with van der Waals surface area (Å²) in [5, 5.41) is 12.7. The molecule has 0 saturated heterocycles. The smallest absolute Gasteiger partial charge is 0.339 e. The van der Waals surface area contributed by atoms with Gasteiger partial charge in [0, 0.05) is 6.42 Å². The number of nitrogens with zero attached hydrogens (tertiary/aromatic N) is 2. The molecule has 0 fully saturated rings. The lowest BCUT2D eigenvalue weighted by atomic mass is 10.2. The molecule has 0 aliphatic carbocycles. The summed E-state index contributed by atoms with van der Waals surface area (Å²) in [6.45, 7) is 1.92. The Morgan fingerprint density at radius 2 is 2.30 bits per heavy atom. The van der Waals surface area contributed by atoms with Gasteiger partial charge in [0.25, 0.3) is 5.89 Å². The molecular weight excluding hydrogens is 267 g/mol. The first-order chi connectivity index (χ1) is 9.60. The minimum Gasteiger partial charge on any atom is -0.483 e. The van der Waals surface area contributed by atoms with Crippen LogP contribution in [0.3, 0.4) is 0 Å². The van der Waals surface area contributed by atoms with Crippen LogP contribution in [-0.4, -0.2) is 21.2 Å². The first-order valence-corrected chi connectivity index (χ1v) is 6.07. The number of benzene rings is 1. The fourth-order valence-electron chi connectivity index (χ4n) is 1.61. The molecule has 0 spiro atoms. The summed E-state index contributed by atoms with van der Waals surface area (Å²) in [6.07, 6.45) is 1.58. The lowest BCUT2D eigenvalue weighted by Crippen LogP contribution is -2.04. The van der Waals surface area contributed by atoms with E-state index in [0.717, 1.165) is 18.6 Å². The second-order valence-electron chi connectivity index (χ2n) is 4.09. The summed E-state index contributed by atoms with van der Waals surface area (Å²) in [4.78, 5) is 15.1. The Hall–Kier alpha value is -2.44. The summed E-state index contributed by atoms with van der Waals surface area (Å²) >= 11 is 0. The molecule has 0 radical (unpaired) electrons. The zero-order valence-corrected chi connectivity index (χ0v) is 10.8. The number of hydrogen-bond acceptors (Lipinski definition) is 5. The predicted molar refractivity (Wildman–Crippen MR) is 66.0 cm³/mol. The lowest BCUT2D eigenvalue weighted by Gasteiger charge is -2.06. The van der Waals surface area contributed by atoms with Crippen molar-refractivity contribution in [3.8, 4) is 5.75 Å². The highest BCUT2D eigenvalue weighted by molar-refractivity contribution is 5.90. The molecule has 2 aromatic rings. The zero-order chi connectivity index (χ0) is 14.5. The van der Waals surface area contributed by atoms with Crippen molar-refractivity contribution in [1.82, 2.24) is 10.1 Å². The Bertz CT molecular complexity index is 612. The fraction of sp³-hybridized carbons (Fsp3) is 0.308. The Kier molecular flexibility index (Phi) is 4.29. The van der Waals surface area contributed by atoms with E-state index in [4.69, 9.17) is 14.4 Å². The van der Waals surface area contributed by atoms with Crippen LogP contribution in [0.1, 0.15) is 35.4 Å². The van der Waals surface area contributed by atoms with Gasteiger partial charge < -0.3 is 14.4 Å². The second-order valence-corrected chi connectivity index (χ2v) is 4.09. The van der Waals surface area contributed by atoms with Gasteiger partial charge in [0.05, 0.1) is 0 Å². The molecule has 106 valence electrons. The SMILES string of the molecule is CCCc1noc(COc2ccc(F)cc2C(=O)O)n1. The van der Waals surface area contributed by atoms with E-state index in [0.29, 0.717) is 12.2 Å². The second kappa shape index (κ2) is 6.14. The highest BCUT2D eigenvalue weighted by atomic mass is 19.1. The molecule has 7 heteroatoms. The van der Waals surface area contributed by atoms with Crippen molar-refractivity contribution in [2.75, 3.05) is 0 Å². The van der Waals surface area contributed by atoms with Gasteiger partial charge in [-0.2, -0.15) is 4.98 Å². The third-order valence-corrected chi connectivity index (χ3v) is 2.51. The lowest BCUT2D eigenvalue weighted by molar-refractivity contribution is 0.0690. The number of aromatic carboxylic acids is 1. The number of carboxylic acids is 1. The van der Waals surface area contributed by atoms with Gasteiger partial charge in [0.1, 0.15) is 17.1 Å². The number of hydrogen-bond donors (Lipinski definition) is 1.